The molecule has 3 nitrogen and oxygen atoms in total. The summed E-state index contributed by atoms with van der Waals surface area (Å²) in [5.41, 5.74) is 3.19. The lowest BCUT2D eigenvalue weighted by molar-refractivity contribution is 0.0490. The van der Waals surface area contributed by atoms with E-state index in [-0.39, 0.29) is 5.41 Å². The quantitative estimate of drug-likeness (QED) is 0.508. The van der Waals surface area contributed by atoms with Gasteiger partial charge in [0.2, 0.25) is 0 Å². The van der Waals surface area contributed by atoms with Gasteiger partial charge in [-0.05, 0) is 87.6 Å². The van der Waals surface area contributed by atoms with Gasteiger partial charge in [-0.1, -0.05) is 56.9 Å². The van der Waals surface area contributed by atoms with Gasteiger partial charge < -0.3 is 0 Å². The molecule has 1 atom stereocenters. The molecule has 1 heterocycles. The van der Waals surface area contributed by atoms with Gasteiger partial charge in [-0.3, -0.25) is 4.90 Å². The second kappa shape index (κ2) is 9.16. The monoisotopic (exact) mass is 431 g/mol. The van der Waals surface area contributed by atoms with Crippen molar-refractivity contribution in [2.45, 2.75) is 95.4 Å². The Kier molecular flexibility index (Phi) is 7.18. The van der Waals surface area contributed by atoms with Crippen LogP contribution in [-0.4, -0.2) is 38.7 Å². The molecule has 1 saturated heterocycles. The molecule has 2 aliphatic rings. The molecule has 1 saturated carbocycles. The van der Waals surface area contributed by atoms with Crippen LogP contribution in [0.25, 0.3) is 0 Å². The number of hydrogen-bond acceptors (Lipinski definition) is 3. The van der Waals surface area contributed by atoms with Gasteiger partial charge in [0.1, 0.15) is 0 Å². The molecule has 1 aliphatic heterocycles. The molecule has 0 aromatic heterocycles. The molecule has 0 N–H and O–H groups in total. The van der Waals surface area contributed by atoms with E-state index >= 15 is 0 Å². The molecular formula is C26H41NO2S. The van der Waals surface area contributed by atoms with Gasteiger partial charge >= 0.3 is 0 Å². The van der Waals surface area contributed by atoms with Crippen molar-refractivity contribution >= 4 is 9.84 Å². The first-order chi connectivity index (χ1) is 14.0. The molecule has 168 valence electrons. The molecule has 1 unspecified atom stereocenters. The summed E-state index contributed by atoms with van der Waals surface area (Å²) in [5.74, 6) is 0. The van der Waals surface area contributed by atoms with E-state index in [2.05, 4.69) is 38.7 Å². The number of allylic oxidation sites excluding steroid dienone is 1. The zero-order valence-electron chi connectivity index (χ0n) is 19.7. The molecule has 1 aromatic rings. The van der Waals surface area contributed by atoms with Crippen LogP contribution >= 0.6 is 0 Å². The molecule has 2 fully saturated rings. The average Bonchev–Trinajstić information content (AvgIpc) is 2.68. The van der Waals surface area contributed by atoms with Gasteiger partial charge in [0.25, 0.3) is 0 Å². The molecule has 1 spiro atoms. The number of rotatable bonds is 6. The van der Waals surface area contributed by atoms with Crippen LogP contribution in [0.4, 0.5) is 0 Å². The fourth-order valence-electron chi connectivity index (χ4n) is 5.60. The third-order valence-corrected chi connectivity index (χ3v) is 8.68. The Labute approximate surface area is 184 Å². The number of piperidine rings is 1. The molecule has 4 heteroatoms. The lowest BCUT2D eigenvalue weighted by atomic mass is 9.67. The van der Waals surface area contributed by atoms with Gasteiger partial charge in [0.15, 0.2) is 9.84 Å². The minimum Gasteiger partial charge on any atom is -0.297 e. The normalized spacial score (nSPS) is 21.4. The minimum atomic E-state index is -3.15. The van der Waals surface area contributed by atoms with Crippen LogP contribution in [0.3, 0.4) is 0 Å². The number of sulfone groups is 1. The van der Waals surface area contributed by atoms with E-state index in [9.17, 15) is 8.42 Å². The molecule has 0 bridgehead atoms. The van der Waals surface area contributed by atoms with Crippen LogP contribution < -0.4 is 0 Å². The van der Waals surface area contributed by atoms with Crippen molar-refractivity contribution in [3.63, 3.8) is 0 Å². The van der Waals surface area contributed by atoms with Crippen molar-refractivity contribution in [3.05, 3.63) is 41.5 Å². The van der Waals surface area contributed by atoms with Crippen LogP contribution in [0.15, 0.2) is 40.8 Å². The van der Waals surface area contributed by atoms with E-state index in [1.54, 1.807) is 12.1 Å². The highest BCUT2D eigenvalue weighted by Gasteiger charge is 2.38. The number of likely N-dealkylation sites (tertiary alicyclic amines) is 1. The van der Waals surface area contributed by atoms with Gasteiger partial charge in [-0.2, -0.15) is 0 Å². The summed E-state index contributed by atoms with van der Waals surface area (Å²) in [6, 6.07) is 7.96. The number of hydrogen-bond donors (Lipinski definition) is 0. The van der Waals surface area contributed by atoms with Crippen molar-refractivity contribution < 1.29 is 8.42 Å². The fraction of sp³-hybridized carbons (Fsp3) is 0.692. The van der Waals surface area contributed by atoms with Crippen molar-refractivity contribution in [1.29, 1.82) is 0 Å². The highest BCUT2D eigenvalue weighted by Crippen LogP contribution is 2.45. The van der Waals surface area contributed by atoms with Crippen LogP contribution in [0.2, 0.25) is 0 Å². The lowest BCUT2D eigenvalue weighted by Crippen LogP contribution is -2.47. The highest BCUT2D eigenvalue weighted by molar-refractivity contribution is 7.90. The SMILES string of the molecule is CC(C)=CC(CC(C)(C)c1ccc(S(C)(=O)=O)cc1)N1CCC2(CCCCC2)CC1. The van der Waals surface area contributed by atoms with E-state index in [0.717, 1.165) is 6.42 Å². The first kappa shape index (κ1) is 23.5. The third-order valence-electron chi connectivity index (χ3n) is 7.55. The van der Waals surface area contributed by atoms with Crippen LogP contribution in [0.1, 0.15) is 84.6 Å². The van der Waals surface area contributed by atoms with Gasteiger partial charge in [0.05, 0.1) is 4.90 Å². The Morgan fingerprint density at radius 3 is 2.10 bits per heavy atom. The highest BCUT2D eigenvalue weighted by atomic mass is 32.2. The second-order valence-corrected chi connectivity index (χ2v) is 12.8. The number of benzene rings is 1. The largest absolute Gasteiger partial charge is 0.297 e. The predicted molar refractivity (Wildman–Crippen MR) is 127 cm³/mol. The maximum atomic E-state index is 11.8. The first-order valence-electron chi connectivity index (χ1n) is 11.7. The summed E-state index contributed by atoms with van der Waals surface area (Å²) >= 11 is 0. The molecule has 30 heavy (non-hydrogen) atoms. The lowest BCUT2D eigenvalue weighted by Gasteiger charge is -2.47. The minimum absolute atomic E-state index is 0.0212. The standard InChI is InChI=1S/C26H41NO2S/c1-21(2)19-23(27-17-15-26(16-18-27)13-7-6-8-14-26)20-25(3,4)22-9-11-24(12-10-22)30(5,28)29/h9-12,19,23H,6-8,13-18,20H2,1-5H3. The van der Waals surface area contributed by atoms with Crippen molar-refractivity contribution in [3.8, 4) is 0 Å². The summed E-state index contributed by atoms with van der Waals surface area (Å²) in [5, 5.41) is 0. The summed E-state index contributed by atoms with van der Waals surface area (Å²) in [7, 11) is -3.15. The average molecular weight is 432 g/mol. The maximum Gasteiger partial charge on any atom is 0.175 e. The smallest absolute Gasteiger partial charge is 0.175 e. The van der Waals surface area contributed by atoms with Crippen molar-refractivity contribution in [2.24, 2.45) is 5.41 Å². The van der Waals surface area contributed by atoms with E-state index < -0.39 is 9.84 Å². The molecule has 3 rings (SSSR count). The summed E-state index contributed by atoms with van der Waals surface area (Å²) in [6.07, 6.45) is 14.6. The number of nitrogens with zero attached hydrogens (tertiary/aromatic N) is 1. The Balaban J connectivity index is 1.73. The Hall–Kier alpha value is -1.13. The zero-order chi connectivity index (χ0) is 22.0. The molecule has 0 amide bonds. The summed E-state index contributed by atoms with van der Waals surface area (Å²) in [6.45, 7) is 11.4. The van der Waals surface area contributed by atoms with E-state index in [4.69, 9.17) is 0 Å². The van der Waals surface area contributed by atoms with E-state index in [0.29, 0.717) is 16.4 Å². The summed E-state index contributed by atoms with van der Waals surface area (Å²) in [4.78, 5) is 3.11. The van der Waals surface area contributed by atoms with Gasteiger partial charge in [-0.25, -0.2) is 8.42 Å². The van der Waals surface area contributed by atoms with Crippen LogP contribution in [0.5, 0.6) is 0 Å². The second-order valence-electron chi connectivity index (χ2n) is 10.8. The van der Waals surface area contributed by atoms with Crippen molar-refractivity contribution in [2.75, 3.05) is 19.3 Å². The van der Waals surface area contributed by atoms with Gasteiger partial charge in [0, 0.05) is 12.3 Å². The first-order valence-corrected chi connectivity index (χ1v) is 13.6. The molecular weight excluding hydrogens is 390 g/mol. The van der Waals surface area contributed by atoms with E-state index in [1.165, 1.54) is 75.4 Å². The Bertz CT molecular complexity index is 832. The maximum absolute atomic E-state index is 11.8. The van der Waals surface area contributed by atoms with Gasteiger partial charge in [-0.15, -0.1) is 0 Å². The zero-order valence-corrected chi connectivity index (χ0v) is 20.5. The topological polar surface area (TPSA) is 37.4 Å². The van der Waals surface area contributed by atoms with Crippen LogP contribution in [0, 0.1) is 5.41 Å². The van der Waals surface area contributed by atoms with Crippen LogP contribution in [-0.2, 0) is 15.3 Å². The predicted octanol–water partition coefficient (Wildman–Crippen LogP) is 6.14. The molecule has 0 radical (unpaired) electrons. The van der Waals surface area contributed by atoms with E-state index in [1.807, 2.05) is 12.1 Å². The third kappa shape index (κ3) is 5.76. The molecule has 1 aliphatic carbocycles. The summed E-state index contributed by atoms with van der Waals surface area (Å²) < 4.78 is 23.6. The Morgan fingerprint density at radius 1 is 1.03 bits per heavy atom. The molecule has 1 aromatic carbocycles. The fourth-order valence-corrected chi connectivity index (χ4v) is 6.23. The Morgan fingerprint density at radius 2 is 1.60 bits per heavy atom. The van der Waals surface area contributed by atoms with Crippen molar-refractivity contribution in [1.82, 2.24) is 4.90 Å².